The molecule has 0 saturated carbocycles. The lowest BCUT2D eigenvalue weighted by molar-refractivity contribution is 0.101. The van der Waals surface area contributed by atoms with E-state index >= 15 is 0 Å². The van der Waals surface area contributed by atoms with Gasteiger partial charge in [0.15, 0.2) is 11.5 Å². The van der Waals surface area contributed by atoms with Crippen LogP contribution in [0.2, 0.25) is 0 Å². The second kappa shape index (κ2) is 6.96. The highest BCUT2D eigenvalue weighted by molar-refractivity contribution is 7.92. The first-order valence-corrected chi connectivity index (χ1v) is 9.49. The quantitative estimate of drug-likeness (QED) is 0.643. The maximum absolute atomic E-state index is 11.4. The molecule has 134 valence electrons. The Morgan fingerprint density at radius 2 is 1.62 bits per heavy atom. The Labute approximate surface area is 150 Å². The standard InChI is InChI=1S/C17H16N4O4S/c1-11(22)16-17(19-21-18-16)25-15-9-5-13(6-10-15)12-3-7-14(8-4-12)20-26(2,23)24/h3-10,20H,1-2H3,(H,18,19,21). The lowest BCUT2D eigenvalue weighted by Gasteiger charge is -2.07. The molecule has 3 aromatic rings. The highest BCUT2D eigenvalue weighted by Gasteiger charge is 2.13. The number of aromatic nitrogens is 3. The zero-order valence-electron chi connectivity index (χ0n) is 14.1. The van der Waals surface area contributed by atoms with Gasteiger partial charge in [-0.3, -0.25) is 14.6 Å². The normalized spacial score (nSPS) is 11.2. The van der Waals surface area contributed by atoms with Gasteiger partial charge in [-0.2, -0.15) is 0 Å². The number of hydrogen-bond donors (Lipinski definition) is 2. The van der Waals surface area contributed by atoms with E-state index < -0.39 is 10.0 Å². The van der Waals surface area contributed by atoms with Crippen molar-refractivity contribution in [3.8, 4) is 22.8 Å². The molecule has 2 aromatic carbocycles. The first-order chi connectivity index (χ1) is 12.3. The van der Waals surface area contributed by atoms with Crippen LogP contribution < -0.4 is 9.46 Å². The number of ether oxygens (including phenoxy) is 1. The molecule has 0 aliphatic heterocycles. The van der Waals surface area contributed by atoms with Gasteiger partial charge in [-0.05, 0) is 35.4 Å². The van der Waals surface area contributed by atoms with Gasteiger partial charge >= 0.3 is 0 Å². The summed E-state index contributed by atoms with van der Waals surface area (Å²) in [6.07, 6.45) is 1.10. The molecule has 2 N–H and O–H groups in total. The van der Waals surface area contributed by atoms with Crippen molar-refractivity contribution in [1.29, 1.82) is 0 Å². The molecule has 0 spiro atoms. The fraction of sp³-hybridized carbons (Fsp3) is 0.118. The number of rotatable bonds is 6. The van der Waals surface area contributed by atoms with Crippen LogP contribution in [0.25, 0.3) is 11.1 Å². The van der Waals surface area contributed by atoms with Crippen LogP contribution in [0, 0.1) is 0 Å². The van der Waals surface area contributed by atoms with E-state index in [1.54, 1.807) is 24.3 Å². The summed E-state index contributed by atoms with van der Waals surface area (Å²) >= 11 is 0. The van der Waals surface area contributed by atoms with Gasteiger partial charge in [0, 0.05) is 12.6 Å². The van der Waals surface area contributed by atoms with E-state index in [4.69, 9.17) is 4.74 Å². The number of carbonyl (C=O) groups excluding carboxylic acids is 1. The maximum Gasteiger partial charge on any atom is 0.269 e. The van der Waals surface area contributed by atoms with Crippen LogP contribution >= 0.6 is 0 Å². The van der Waals surface area contributed by atoms with Crippen molar-refractivity contribution < 1.29 is 17.9 Å². The molecule has 0 saturated heterocycles. The summed E-state index contributed by atoms with van der Waals surface area (Å²) in [6, 6.07) is 14.2. The SMILES string of the molecule is CC(=O)c1[nH]nnc1Oc1ccc(-c2ccc(NS(C)(=O)=O)cc2)cc1. The number of nitrogens with one attached hydrogen (secondary N) is 2. The molecule has 0 bridgehead atoms. The molecule has 8 nitrogen and oxygen atoms in total. The predicted molar refractivity (Wildman–Crippen MR) is 96.8 cm³/mol. The predicted octanol–water partition coefficient (Wildman–Crippen LogP) is 2.84. The summed E-state index contributed by atoms with van der Waals surface area (Å²) < 4.78 is 30.5. The second-order valence-electron chi connectivity index (χ2n) is 5.63. The van der Waals surface area contributed by atoms with Gasteiger partial charge in [-0.25, -0.2) is 8.42 Å². The molecule has 1 aromatic heterocycles. The molecule has 0 atom stereocenters. The number of aromatic amines is 1. The van der Waals surface area contributed by atoms with Crippen LogP contribution in [-0.4, -0.2) is 35.9 Å². The summed E-state index contributed by atoms with van der Waals surface area (Å²) in [5.41, 5.74) is 2.55. The number of hydrogen-bond acceptors (Lipinski definition) is 6. The molecular formula is C17H16N4O4S. The first-order valence-electron chi connectivity index (χ1n) is 7.60. The van der Waals surface area contributed by atoms with Crippen LogP contribution in [0.15, 0.2) is 48.5 Å². The van der Waals surface area contributed by atoms with Crippen molar-refractivity contribution >= 4 is 21.5 Å². The average Bonchev–Trinajstić information content (AvgIpc) is 3.03. The number of carbonyl (C=O) groups is 1. The minimum atomic E-state index is -3.30. The van der Waals surface area contributed by atoms with Gasteiger partial charge in [0.2, 0.25) is 10.0 Å². The number of ketones is 1. The molecule has 0 unspecified atom stereocenters. The van der Waals surface area contributed by atoms with Gasteiger partial charge in [0.05, 0.1) is 6.26 Å². The lowest BCUT2D eigenvalue weighted by atomic mass is 10.1. The lowest BCUT2D eigenvalue weighted by Crippen LogP contribution is -2.09. The summed E-state index contributed by atoms with van der Waals surface area (Å²) in [7, 11) is -3.30. The number of sulfonamides is 1. The van der Waals surface area contributed by atoms with Gasteiger partial charge in [-0.1, -0.05) is 34.6 Å². The number of nitrogens with zero attached hydrogens (tertiary/aromatic N) is 2. The number of anilines is 1. The van der Waals surface area contributed by atoms with Crippen molar-refractivity contribution in [3.05, 3.63) is 54.2 Å². The van der Waals surface area contributed by atoms with E-state index in [0.717, 1.165) is 17.4 Å². The third-order valence-electron chi connectivity index (χ3n) is 3.46. The van der Waals surface area contributed by atoms with Crippen molar-refractivity contribution in [2.45, 2.75) is 6.92 Å². The van der Waals surface area contributed by atoms with E-state index in [0.29, 0.717) is 11.4 Å². The monoisotopic (exact) mass is 372 g/mol. The molecule has 9 heteroatoms. The topological polar surface area (TPSA) is 114 Å². The van der Waals surface area contributed by atoms with E-state index in [2.05, 4.69) is 20.1 Å². The summed E-state index contributed by atoms with van der Waals surface area (Å²) in [5.74, 6) is 0.423. The zero-order chi connectivity index (χ0) is 18.7. The van der Waals surface area contributed by atoms with E-state index in [1.165, 1.54) is 6.92 Å². The minimum Gasteiger partial charge on any atom is -0.436 e. The molecule has 26 heavy (non-hydrogen) atoms. The number of H-pyrrole nitrogens is 1. The molecule has 0 fully saturated rings. The second-order valence-corrected chi connectivity index (χ2v) is 7.37. The van der Waals surface area contributed by atoms with Gasteiger partial charge < -0.3 is 4.74 Å². The van der Waals surface area contributed by atoms with Crippen molar-refractivity contribution in [2.24, 2.45) is 0 Å². The van der Waals surface area contributed by atoms with Crippen molar-refractivity contribution in [3.63, 3.8) is 0 Å². The van der Waals surface area contributed by atoms with E-state index in [-0.39, 0.29) is 17.4 Å². The van der Waals surface area contributed by atoms with Crippen molar-refractivity contribution in [2.75, 3.05) is 11.0 Å². The van der Waals surface area contributed by atoms with E-state index in [9.17, 15) is 13.2 Å². The minimum absolute atomic E-state index is 0.126. The molecule has 0 aliphatic rings. The molecule has 1 heterocycles. The Balaban J connectivity index is 1.75. The van der Waals surface area contributed by atoms with Crippen LogP contribution in [0.3, 0.4) is 0 Å². The van der Waals surface area contributed by atoms with Gasteiger partial charge in [-0.15, -0.1) is 0 Å². The maximum atomic E-state index is 11.4. The molecule has 0 radical (unpaired) electrons. The zero-order valence-corrected chi connectivity index (χ0v) is 14.9. The highest BCUT2D eigenvalue weighted by Crippen LogP contribution is 2.27. The smallest absolute Gasteiger partial charge is 0.269 e. The Hall–Kier alpha value is -3.20. The third kappa shape index (κ3) is 4.25. The largest absolute Gasteiger partial charge is 0.436 e. The Morgan fingerprint density at radius 1 is 1.04 bits per heavy atom. The van der Waals surface area contributed by atoms with Crippen molar-refractivity contribution in [1.82, 2.24) is 15.4 Å². The van der Waals surface area contributed by atoms with Crippen LogP contribution in [0.4, 0.5) is 5.69 Å². The Kier molecular flexibility index (Phi) is 4.72. The van der Waals surface area contributed by atoms with Crippen LogP contribution in [0.1, 0.15) is 17.4 Å². The van der Waals surface area contributed by atoms with Crippen LogP contribution in [-0.2, 0) is 10.0 Å². The molecule has 3 rings (SSSR count). The van der Waals surface area contributed by atoms with Crippen LogP contribution in [0.5, 0.6) is 11.6 Å². The fourth-order valence-electron chi connectivity index (χ4n) is 2.29. The summed E-state index contributed by atoms with van der Waals surface area (Å²) in [4.78, 5) is 11.4. The highest BCUT2D eigenvalue weighted by atomic mass is 32.2. The Bertz CT molecular complexity index is 1030. The van der Waals surface area contributed by atoms with Gasteiger partial charge in [0.1, 0.15) is 5.75 Å². The number of benzene rings is 2. The first kappa shape index (κ1) is 17.6. The molecular weight excluding hydrogens is 356 g/mol. The fourth-order valence-corrected chi connectivity index (χ4v) is 2.86. The van der Waals surface area contributed by atoms with Gasteiger partial charge in [0.25, 0.3) is 5.88 Å². The molecule has 0 aliphatic carbocycles. The van der Waals surface area contributed by atoms with E-state index in [1.807, 2.05) is 24.3 Å². The number of Topliss-reactive ketones (excluding diaryl/α,β-unsaturated/α-hetero) is 1. The summed E-state index contributed by atoms with van der Waals surface area (Å²) in [6.45, 7) is 1.40. The molecule has 0 amide bonds. The third-order valence-corrected chi connectivity index (χ3v) is 4.07. The summed E-state index contributed by atoms with van der Waals surface area (Å²) in [5, 5.41) is 9.82. The average molecular weight is 372 g/mol. The Morgan fingerprint density at radius 3 is 2.15 bits per heavy atom.